The molecule has 4 heteroatoms. The SMILES string of the molecule is CCC(CC)(CC)NC(=O)c1cc(Br)cc(N)c1C. The van der Waals surface area contributed by atoms with Crippen molar-refractivity contribution in [3.05, 3.63) is 27.7 Å². The molecule has 0 atom stereocenters. The second kappa shape index (κ2) is 6.42. The minimum absolute atomic E-state index is 0.0453. The molecule has 1 aromatic carbocycles. The van der Waals surface area contributed by atoms with Gasteiger partial charge in [0.25, 0.3) is 5.91 Å². The number of nitrogens with two attached hydrogens (primary N) is 1. The first-order chi connectivity index (χ1) is 8.89. The predicted octanol–water partition coefficient (Wildman–Crippen LogP) is 4.04. The van der Waals surface area contributed by atoms with E-state index < -0.39 is 0 Å². The van der Waals surface area contributed by atoms with Gasteiger partial charge in [0.2, 0.25) is 0 Å². The first-order valence-corrected chi connectivity index (χ1v) is 7.56. The van der Waals surface area contributed by atoms with E-state index in [4.69, 9.17) is 5.73 Å². The predicted molar refractivity (Wildman–Crippen MR) is 84.4 cm³/mol. The summed E-state index contributed by atoms with van der Waals surface area (Å²) in [6.07, 6.45) is 2.77. The summed E-state index contributed by atoms with van der Waals surface area (Å²) in [4.78, 5) is 12.5. The molecule has 1 aromatic rings. The van der Waals surface area contributed by atoms with Gasteiger partial charge in [0.1, 0.15) is 0 Å². The van der Waals surface area contributed by atoms with E-state index in [2.05, 4.69) is 42.0 Å². The zero-order valence-electron chi connectivity index (χ0n) is 12.1. The van der Waals surface area contributed by atoms with Crippen LogP contribution >= 0.6 is 15.9 Å². The van der Waals surface area contributed by atoms with Gasteiger partial charge in [-0.1, -0.05) is 36.7 Å². The number of hydrogen-bond donors (Lipinski definition) is 2. The lowest BCUT2D eigenvalue weighted by Gasteiger charge is -2.32. The van der Waals surface area contributed by atoms with Gasteiger partial charge in [-0.15, -0.1) is 0 Å². The van der Waals surface area contributed by atoms with E-state index in [1.54, 1.807) is 0 Å². The summed E-state index contributed by atoms with van der Waals surface area (Å²) in [6, 6.07) is 3.64. The molecule has 0 fully saturated rings. The Morgan fingerprint density at radius 2 is 1.79 bits per heavy atom. The van der Waals surface area contributed by atoms with Crippen LogP contribution < -0.4 is 11.1 Å². The highest BCUT2D eigenvalue weighted by molar-refractivity contribution is 9.10. The van der Waals surface area contributed by atoms with E-state index >= 15 is 0 Å². The molecule has 106 valence electrons. The summed E-state index contributed by atoms with van der Waals surface area (Å²) in [5.41, 5.74) is 7.90. The number of amides is 1. The number of halogens is 1. The zero-order chi connectivity index (χ0) is 14.6. The average molecular weight is 327 g/mol. The van der Waals surface area contributed by atoms with Crippen molar-refractivity contribution < 1.29 is 4.79 Å². The van der Waals surface area contributed by atoms with Crippen molar-refractivity contribution in [1.29, 1.82) is 0 Å². The molecule has 0 saturated carbocycles. The molecular weight excluding hydrogens is 304 g/mol. The largest absolute Gasteiger partial charge is 0.398 e. The van der Waals surface area contributed by atoms with Gasteiger partial charge < -0.3 is 11.1 Å². The summed E-state index contributed by atoms with van der Waals surface area (Å²) < 4.78 is 0.829. The molecule has 0 aliphatic heterocycles. The summed E-state index contributed by atoms with van der Waals surface area (Å²) in [5, 5.41) is 3.18. The Kier molecular flexibility index (Phi) is 5.41. The number of anilines is 1. The highest BCUT2D eigenvalue weighted by atomic mass is 79.9. The van der Waals surface area contributed by atoms with Crippen molar-refractivity contribution in [3.63, 3.8) is 0 Å². The fourth-order valence-electron chi connectivity index (χ4n) is 2.26. The zero-order valence-corrected chi connectivity index (χ0v) is 13.7. The summed E-state index contributed by atoms with van der Waals surface area (Å²) in [5.74, 6) is -0.0453. The monoisotopic (exact) mass is 326 g/mol. The Morgan fingerprint density at radius 3 is 2.26 bits per heavy atom. The number of benzene rings is 1. The third-order valence-corrected chi connectivity index (χ3v) is 4.52. The van der Waals surface area contributed by atoms with Crippen LogP contribution in [0.2, 0.25) is 0 Å². The normalized spacial score (nSPS) is 11.4. The number of rotatable bonds is 5. The molecule has 0 heterocycles. The lowest BCUT2D eigenvalue weighted by Crippen LogP contribution is -2.47. The highest BCUT2D eigenvalue weighted by Gasteiger charge is 2.27. The van der Waals surface area contributed by atoms with Gasteiger partial charge in [-0.05, 0) is 43.9 Å². The van der Waals surface area contributed by atoms with Crippen molar-refractivity contribution in [2.45, 2.75) is 52.5 Å². The smallest absolute Gasteiger partial charge is 0.252 e. The van der Waals surface area contributed by atoms with E-state index in [9.17, 15) is 4.79 Å². The van der Waals surface area contributed by atoms with Crippen LogP contribution in [0, 0.1) is 6.92 Å². The van der Waals surface area contributed by atoms with Gasteiger partial charge >= 0.3 is 0 Å². The summed E-state index contributed by atoms with van der Waals surface area (Å²) >= 11 is 3.39. The number of carbonyl (C=O) groups excluding carboxylic acids is 1. The molecule has 0 saturated heterocycles. The molecule has 1 amide bonds. The van der Waals surface area contributed by atoms with Gasteiger partial charge in [-0.2, -0.15) is 0 Å². The summed E-state index contributed by atoms with van der Waals surface area (Å²) in [7, 11) is 0. The lowest BCUT2D eigenvalue weighted by atomic mass is 9.89. The Labute approximate surface area is 124 Å². The molecular formula is C15H23BrN2O. The Morgan fingerprint density at radius 1 is 1.26 bits per heavy atom. The fourth-order valence-corrected chi connectivity index (χ4v) is 2.73. The average Bonchev–Trinajstić information content (AvgIpc) is 2.40. The number of nitrogen functional groups attached to an aromatic ring is 1. The maximum Gasteiger partial charge on any atom is 0.252 e. The fraction of sp³-hybridized carbons (Fsp3) is 0.533. The molecule has 0 aromatic heterocycles. The van der Waals surface area contributed by atoms with Crippen LogP contribution in [0.5, 0.6) is 0 Å². The highest BCUT2D eigenvalue weighted by Crippen LogP contribution is 2.25. The molecule has 1 rings (SSSR count). The van der Waals surface area contributed by atoms with E-state index in [0.717, 1.165) is 29.3 Å². The Hall–Kier alpha value is -1.03. The third-order valence-electron chi connectivity index (χ3n) is 4.07. The molecule has 3 N–H and O–H groups in total. The van der Waals surface area contributed by atoms with Crippen LogP contribution in [-0.4, -0.2) is 11.4 Å². The standard InChI is InChI=1S/C15H23BrN2O/c1-5-15(6-2,7-3)18-14(19)12-8-11(16)9-13(17)10(12)4/h8-9H,5-7,17H2,1-4H3,(H,18,19). The van der Waals surface area contributed by atoms with Crippen LogP contribution in [0.3, 0.4) is 0 Å². The lowest BCUT2D eigenvalue weighted by molar-refractivity contribution is 0.0887. The molecule has 0 aliphatic rings. The molecule has 19 heavy (non-hydrogen) atoms. The first-order valence-electron chi connectivity index (χ1n) is 6.77. The van der Waals surface area contributed by atoms with Gasteiger partial charge in [0, 0.05) is 21.3 Å². The van der Waals surface area contributed by atoms with Crippen LogP contribution in [0.1, 0.15) is 56.0 Å². The molecule has 0 radical (unpaired) electrons. The molecule has 3 nitrogen and oxygen atoms in total. The second-order valence-corrected chi connectivity index (χ2v) is 5.88. The van der Waals surface area contributed by atoms with Gasteiger partial charge in [0.05, 0.1) is 0 Å². The Bertz CT molecular complexity index is 459. The van der Waals surface area contributed by atoms with Gasteiger partial charge in [-0.3, -0.25) is 4.79 Å². The van der Waals surface area contributed by atoms with Crippen molar-refractivity contribution in [1.82, 2.24) is 5.32 Å². The third kappa shape index (κ3) is 3.50. The van der Waals surface area contributed by atoms with E-state index in [-0.39, 0.29) is 11.4 Å². The van der Waals surface area contributed by atoms with Crippen LogP contribution in [0.25, 0.3) is 0 Å². The first kappa shape index (κ1) is 16.0. The van der Waals surface area contributed by atoms with Crippen LogP contribution in [0.15, 0.2) is 16.6 Å². The number of nitrogens with one attached hydrogen (secondary N) is 1. The van der Waals surface area contributed by atoms with Crippen LogP contribution in [-0.2, 0) is 0 Å². The van der Waals surface area contributed by atoms with Crippen molar-refractivity contribution in [3.8, 4) is 0 Å². The van der Waals surface area contributed by atoms with Crippen LogP contribution in [0.4, 0.5) is 5.69 Å². The molecule has 0 aliphatic carbocycles. The molecule has 0 bridgehead atoms. The number of carbonyl (C=O) groups is 1. The van der Waals surface area contributed by atoms with Crippen molar-refractivity contribution >= 4 is 27.5 Å². The van der Waals surface area contributed by atoms with E-state index in [0.29, 0.717) is 11.3 Å². The minimum atomic E-state index is -0.124. The molecule has 0 unspecified atom stereocenters. The maximum absolute atomic E-state index is 12.5. The number of hydrogen-bond acceptors (Lipinski definition) is 2. The maximum atomic E-state index is 12.5. The molecule has 0 spiro atoms. The minimum Gasteiger partial charge on any atom is -0.398 e. The second-order valence-electron chi connectivity index (χ2n) is 4.96. The van der Waals surface area contributed by atoms with Crippen molar-refractivity contribution in [2.24, 2.45) is 0 Å². The van der Waals surface area contributed by atoms with E-state index in [1.165, 1.54) is 0 Å². The van der Waals surface area contributed by atoms with Crippen molar-refractivity contribution in [2.75, 3.05) is 5.73 Å². The van der Waals surface area contributed by atoms with Gasteiger partial charge in [0.15, 0.2) is 0 Å². The topological polar surface area (TPSA) is 55.1 Å². The van der Waals surface area contributed by atoms with Gasteiger partial charge in [-0.25, -0.2) is 0 Å². The quantitative estimate of drug-likeness (QED) is 0.802. The Balaban J connectivity index is 3.08. The summed E-state index contributed by atoms with van der Waals surface area (Å²) in [6.45, 7) is 8.20. The van der Waals surface area contributed by atoms with E-state index in [1.807, 2.05) is 19.1 Å².